The molecule has 1 aliphatic heterocycles. The number of pyridine rings is 1. The van der Waals surface area contributed by atoms with Gasteiger partial charge >= 0.3 is 0 Å². The van der Waals surface area contributed by atoms with Crippen molar-refractivity contribution in [3.05, 3.63) is 105 Å². The van der Waals surface area contributed by atoms with Gasteiger partial charge in [0.25, 0.3) is 0 Å². The van der Waals surface area contributed by atoms with Gasteiger partial charge in [-0.2, -0.15) is 10.4 Å². The molecular weight excluding hydrogens is 716 g/mol. The Hall–Kier alpha value is -3.98. The maximum absolute atomic E-state index is 9.52. The molecule has 1 fully saturated rings. The number of rotatable bonds is 16. The van der Waals surface area contributed by atoms with Gasteiger partial charge in [0.2, 0.25) is 0 Å². The van der Waals surface area contributed by atoms with Gasteiger partial charge in [-0.25, -0.2) is 0 Å². The van der Waals surface area contributed by atoms with E-state index in [1.165, 1.54) is 45.1 Å². The lowest BCUT2D eigenvalue weighted by Gasteiger charge is -2.18. The quantitative estimate of drug-likeness (QED) is 0.0980. The SMILES string of the molecule is CC(CO)NCc1cc(Cl)c(OCc2cccc(-c3cccc4c3cnn4CCCCN3CCCC3)c2Br)cc1OCc1cncc(C#N)c1. The zero-order chi connectivity index (χ0) is 34.9. The average Bonchev–Trinajstić information content (AvgIpc) is 3.82. The standard InChI is InChI=1S/C39H42BrClN6O3/c1-27(24-48)44-22-31-17-35(41)38(18-37(31)49-25-29-16-28(19-42)20-43-21-29)50-26-30-8-6-10-33(39(30)40)32-9-7-11-36-34(32)23-45-47(36)15-5-4-14-46-12-2-3-13-46/h6-11,16-18,20-21,23,27,44,48H,2-5,12-15,22,24-26H2,1H3. The summed E-state index contributed by atoms with van der Waals surface area (Å²) in [4.78, 5) is 6.71. The molecular formula is C39H42BrClN6O3. The van der Waals surface area contributed by atoms with Gasteiger partial charge in [0.05, 0.1) is 28.9 Å². The van der Waals surface area contributed by atoms with Crippen LogP contribution in [0.3, 0.4) is 0 Å². The number of nitrogens with zero attached hydrogens (tertiary/aromatic N) is 5. The Kier molecular flexibility index (Phi) is 12.4. The van der Waals surface area contributed by atoms with E-state index in [2.05, 4.69) is 66.1 Å². The summed E-state index contributed by atoms with van der Waals surface area (Å²) >= 11 is 10.6. The Morgan fingerprint density at radius 1 is 0.960 bits per heavy atom. The lowest BCUT2D eigenvalue weighted by atomic mass is 10.00. The van der Waals surface area contributed by atoms with E-state index >= 15 is 0 Å². The summed E-state index contributed by atoms with van der Waals surface area (Å²) in [6.45, 7) is 7.37. The highest BCUT2D eigenvalue weighted by Gasteiger charge is 2.17. The van der Waals surface area contributed by atoms with Crippen molar-refractivity contribution >= 4 is 38.4 Å². The van der Waals surface area contributed by atoms with Gasteiger partial charge in [0, 0.05) is 64.1 Å². The van der Waals surface area contributed by atoms with E-state index in [0.717, 1.165) is 56.2 Å². The van der Waals surface area contributed by atoms with E-state index in [4.69, 9.17) is 26.2 Å². The third-order valence-electron chi connectivity index (χ3n) is 9.08. The molecule has 0 spiro atoms. The molecule has 0 amide bonds. The molecule has 0 bridgehead atoms. The fraction of sp³-hybridized carbons (Fsp3) is 0.359. The van der Waals surface area contributed by atoms with Crippen LogP contribution < -0.4 is 14.8 Å². The second kappa shape index (κ2) is 17.3. The van der Waals surface area contributed by atoms with E-state index in [1.54, 1.807) is 18.3 Å². The summed E-state index contributed by atoms with van der Waals surface area (Å²) in [6.07, 6.45) is 10.1. The van der Waals surface area contributed by atoms with Crippen LogP contribution in [-0.4, -0.2) is 57.1 Å². The van der Waals surface area contributed by atoms with Crippen molar-refractivity contribution in [3.63, 3.8) is 0 Å². The molecule has 6 rings (SSSR count). The predicted octanol–water partition coefficient (Wildman–Crippen LogP) is 7.89. The summed E-state index contributed by atoms with van der Waals surface area (Å²) in [5, 5.41) is 28.4. The summed E-state index contributed by atoms with van der Waals surface area (Å²) < 4.78 is 15.6. The average molecular weight is 758 g/mol. The summed E-state index contributed by atoms with van der Waals surface area (Å²) in [5.41, 5.74) is 6.32. The molecule has 1 aliphatic rings. The van der Waals surface area contributed by atoms with Crippen molar-refractivity contribution in [2.24, 2.45) is 0 Å². The van der Waals surface area contributed by atoms with Crippen molar-refractivity contribution in [3.8, 4) is 28.7 Å². The highest BCUT2D eigenvalue weighted by molar-refractivity contribution is 9.10. The van der Waals surface area contributed by atoms with Crippen LogP contribution in [0.1, 0.15) is 54.9 Å². The first-order valence-electron chi connectivity index (χ1n) is 17.1. The molecule has 3 aromatic carbocycles. The van der Waals surface area contributed by atoms with Crippen LogP contribution >= 0.6 is 27.5 Å². The lowest BCUT2D eigenvalue weighted by molar-refractivity contribution is 0.249. The van der Waals surface area contributed by atoms with Gasteiger partial charge in [-0.1, -0.05) is 41.9 Å². The number of ether oxygens (including phenoxy) is 2. The van der Waals surface area contributed by atoms with Crippen molar-refractivity contribution in [1.29, 1.82) is 5.26 Å². The van der Waals surface area contributed by atoms with E-state index in [0.29, 0.717) is 28.6 Å². The fourth-order valence-corrected chi connectivity index (χ4v) is 7.10. The van der Waals surface area contributed by atoms with Gasteiger partial charge in [0.15, 0.2) is 0 Å². The minimum atomic E-state index is -0.108. The van der Waals surface area contributed by atoms with Crippen LogP contribution in [0.25, 0.3) is 22.0 Å². The number of aliphatic hydroxyl groups excluding tert-OH is 1. The minimum absolute atomic E-state index is 0.00147. The Morgan fingerprint density at radius 3 is 2.56 bits per heavy atom. The van der Waals surface area contributed by atoms with Crippen LogP contribution in [0.5, 0.6) is 11.5 Å². The second-order valence-corrected chi connectivity index (χ2v) is 14.0. The van der Waals surface area contributed by atoms with Crippen LogP contribution in [-0.2, 0) is 26.3 Å². The number of aromatic nitrogens is 3. The number of hydrogen-bond acceptors (Lipinski definition) is 8. The maximum atomic E-state index is 9.52. The predicted molar refractivity (Wildman–Crippen MR) is 200 cm³/mol. The van der Waals surface area contributed by atoms with Crippen molar-refractivity contribution in [2.75, 3.05) is 26.2 Å². The number of fused-ring (bicyclic) bond motifs is 1. The molecule has 1 unspecified atom stereocenters. The Morgan fingerprint density at radius 2 is 1.74 bits per heavy atom. The maximum Gasteiger partial charge on any atom is 0.142 e. The normalized spacial score (nSPS) is 13.8. The molecule has 0 radical (unpaired) electrons. The lowest BCUT2D eigenvalue weighted by Crippen LogP contribution is -2.28. The Bertz CT molecular complexity index is 1950. The van der Waals surface area contributed by atoms with Gasteiger partial charge in [-0.15, -0.1) is 0 Å². The first-order valence-corrected chi connectivity index (χ1v) is 18.3. The third kappa shape index (κ3) is 8.84. The first-order chi connectivity index (χ1) is 24.4. The molecule has 9 nitrogen and oxygen atoms in total. The molecule has 50 heavy (non-hydrogen) atoms. The highest BCUT2D eigenvalue weighted by Crippen LogP contribution is 2.38. The third-order valence-corrected chi connectivity index (χ3v) is 10.3. The fourth-order valence-electron chi connectivity index (χ4n) is 6.27. The van der Waals surface area contributed by atoms with Gasteiger partial charge in [0.1, 0.15) is 30.8 Å². The summed E-state index contributed by atoms with van der Waals surface area (Å²) in [7, 11) is 0. The zero-order valence-electron chi connectivity index (χ0n) is 28.2. The number of likely N-dealkylation sites (tertiary alicyclic amines) is 1. The zero-order valence-corrected chi connectivity index (χ0v) is 30.6. The molecule has 3 heterocycles. The first kappa shape index (κ1) is 35.8. The van der Waals surface area contributed by atoms with Gasteiger partial charge < -0.3 is 24.8 Å². The monoisotopic (exact) mass is 756 g/mol. The molecule has 0 aliphatic carbocycles. The van der Waals surface area contributed by atoms with Crippen molar-refractivity contribution in [1.82, 2.24) is 25.0 Å². The van der Waals surface area contributed by atoms with Crippen LogP contribution in [0.4, 0.5) is 0 Å². The topological polar surface area (TPSA) is 108 Å². The van der Waals surface area contributed by atoms with E-state index in [9.17, 15) is 10.4 Å². The van der Waals surface area contributed by atoms with Gasteiger partial charge in [-0.05, 0) is 97.5 Å². The molecule has 1 atom stereocenters. The Balaban J connectivity index is 1.18. The molecule has 5 aromatic rings. The number of aliphatic hydroxyl groups is 1. The van der Waals surface area contributed by atoms with Gasteiger partial charge in [-0.3, -0.25) is 9.67 Å². The number of aryl methyl sites for hydroxylation is 1. The number of nitrogens with one attached hydrogen (secondary N) is 1. The molecule has 260 valence electrons. The number of unbranched alkanes of at least 4 members (excludes halogenated alkanes) is 1. The minimum Gasteiger partial charge on any atom is -0.488 e. The van der Waals surface area contributed by atoms with Crippen LogP contribution in [0.2, 0.25) is 5.02 Å². The molecule has 0 saturated carbocycles. The van der Waals surface area contributed by atoms with Crippen LogP contribution in [0, 0.1) is 11.3 Å². The largest absolute Gasteiger partial charge is 0.488 e. The number of nitriles is 1. The Labute approximate surface area is 306 Å². The van der Waals surface area contributed by atoms with Crippen molar-refractivity contribution < 1.29 is 14.6 Å². The second-order valence-electron chi connectivity index (χ2n) is 12.8. The summed E-state index contributed by atoms with van der Waals surface area (Å²) in [6, 6.07) is 19.9. The smallest absolute Gasteiger partial charge is 0.142 e. The van der Waals surface area contributed by atoms with Crippen LogP contribution in [0.15, 0.2) is 77.7 Å². The van der Waals surface area contributed by atoms with E-state index in [1.807, 2.05) is 31.3 Å². The van der Waals surface area contributed by atoms with Crippen molar-refractivity contribution in [2.45, 2.75) is 65.0 Å². The molecule has 1 saturated heterocycles. The van der Waals surface area contributed by atoms with E-state index < -0.39 is 0 Å². The number of hydrogen-bond donors (Lipinski definition) is 2. The molecule has 11 heteroatoms. The summed E-state index contributed by atoms with van der Waals surface area (Å²) in [5.74, 6) is 1.06. The number of benzene rings is 3. The molecule has 2 aromatic heterocycles. The molecule has 2 N–H and O–H groups in total. The van der Waals surface area contributed by atoms with E-state index in [-0.39, 0.29) is 25.9 Å². The highest BCUT2D eigenvalue weighted by atomic mass is 79.9. The number of halogens is 2.